The van der Waals surface area contributed by atoms with E-state index >= 15 is 0 Å². The van der Waals surface area contributed by atoms with Crippen LogP contribution in [0.15, 0.2) is 54.6 Å². The van der Waals surface area contributed by atoms with E-state index in [0.717, 1.165) is 22.6 Å². The molecule has 3 rings (SSSR count). The molecule has 150 valence electrons. The Hall–Kier alpha value is -2.32. The highest BCUT2D eigenvalue weighted by Crippen LogP contribution is 2.29. The van der Waals surface area contributed by atoms with Crippen molar-refractivity contribution in [2.24, 2.45) is 0 Å². The molecule has 0 spiro atoms. The van der Waals surface area contributed by atoms with E-state index in [0.29, 0.717) is 6.42 Å². The average molecular weight is 403 g/mol. The van der Waals surface area contributed by atoms with Gasteiger partial charge in [0.2, 0.25) is 0 Å². The van der Waals surface area contributed by atoms with Gasteiger partial charge in [0.1, 0.15) is 0 Å². The van der Waals surface area contributed by atoms with E-state index in [1.807, 2.05) is 54.2 Å². The van der Waals surface area contributed by atoms with Crippen molar-refractivity contribution < 1.29 is 4.79 Å². The van der Waals surface area contributed by atoms with Crippen molar-refractivity contribution in [2.45, 2.75) is 46.8 Å². The first kappa shape index (κ1) is 21.4. The van der Waals surface area contributed by atoms with Gasteiger partial charge in [-0.15, -0.1) is 0 Å². The summed E-state index contributed by atoms with van der Waals surface area (Å²) >= 11 is 1.86. The fourth-order valence-electron chi connectivity index (χ4n) is 3.76. The summed E-state index contributed by atoms with van der Waals surface area (Å²) in [7, 11) is 0. The van der Waals surface area contributed by atoms with E-state index in [9.17, 15) is 4.79 Å². The average Bonchev–Trinajstić information content (AvgIpc) is 2.76. The van der Waals surface area contributed by atoms with Crippen LogP contribution in [0.25, 0.3) is 11.1 Å². The van der Waals surface area contributed by atoms with E-state index < -0.39 is 0 Å². The summed E-state index contributed by atoms with van der Waals surface area (Å²) in [4.78, 5) is 12.6. The standard InChI is InChI=1S/C27H30OS/c1-18-19(2)21(4)26(22(5)20(18)3)17-29-16-15-27(28)25-13-11-24(12-14-25)23-9-7-6-8-10-23/h6-14H,15-17H2,1-5H3. The first-order chi connectivity index (χ1) is 13.9. The minimum Gasteiger partial charge on any atom is -0.294 e. The molecule has 0 aromatic heterocycles. The second-order valence-electron chi connectivity index (χ2n) is 7.77. The Morgan fingerprint density at radius 1 is 0.690 bits per heavy atom. The molecule has 3 aromatic carbocycles. The van der Waals surface area contributed by atoms with Crippen molar-refractivity contribution in [3.63, 3.8) is 0 Å². The molecule has 0 fully saturated rings. The Morgan fingerprint density at radius 3 is 1.79 bits per heavy atom. The summed E-state index contributed by atoms with van der Waals surface area (Å²) in [5, 5.41) is 0. The van der Waals surface area contributed by atoms with Crippen LogP contribution in [0.5, 0.6) is 0 Å². The number of benzene rings is 3. The van der Waals surface area contributed by atoms with Gasteiger partial charge >= 0.3 is 0 Å². The van der Waals surface area contributed by atoms with E-state index in [1.54, 1.807) is 0 Å². The van der Waals surface area contributed by atoms with Crippen LogP contribution in [0.1, 0.15) is 50.2 Å². The topological polar surface area (TPSA) is 17.1 Å². The van der Waals surface area contributed by atoms with Crippen LogP contribution in [0.2, 0.25) is 0 Å². The van der Waals surface area contributed by atoms with Crippen LogP contribution in [-0.4, -0.2) is 11.5 Å². The van der Waals surface area contributed by atoms with Crippen LogP contribution in [0.3, 0.4) is 0 Å². The van der Waals surface area contributed by atoms with Crippen molar-refractivity contribution in [1.29, 1.82) is 0 Å². The van der Waals surface area contributed by atoms with Crippen molar-refractivity contribution in [1.82, 2.24) is 0 Å². The first-order valence-electron chi connectivity index (χ1n) is 10.2. The van der Waals surface area contributed by atoms with Gasteiger partial charge in [-0.05, 0) is 79.1 Å². The molecule has 0 bridgehead atoms. The Labute approximate surface area is 179 Å². The molecule has 0 aliphatic rings. The predicted octanol–water partition coefficient (Wildman–Crippen LogP) is 7.40. The molecule has 0 unspecified atom stereocenters. The lowest BCUT2D eigenvalue weighted by atomic mass is 9.90. The number of carbonyl (C=O) groups is 1. The van der Waals surface area contributed by atoms with Gasteiger partial charge in [-0.2, -0.15) is 11.8 Å². The fraction of sp³-hybridized carbons (Fsp3) is 0.296. The third kappa shape index (κ3) is 4.82. The highest BCUT2D eigenvalue weighted by molar-refractivity contribution is 7.98. The predicted molar refractivity (Wildman–Crippen MR) is 127 cm³/mol. The molecule has 29 heavy (non-hydrogen) atoms. The van der Waals surface area contributed by atoms with E-state index in [2.05, 4.69) is 46.8 Å². The lowest BCUT2D eigenvalue weighted by molar-refractivity contribution is 0.0989. The number of carbonyl (C=O) groups excluding carboxylic acids is 1. The molecule has 0 heterocycles. The zero-order chi connectivity index (χ0) is 21.0. The summed E-state index contributed by atoms with van der Waals surface area (Å²) in [6.07, 6.45) is 0.581. The second kappa shape index (κ2) is 9.45. The molecule has 0 atom stereocenters. The lowest BCUT2D eigenvalue weighted by Crippen LogP contribution is -2.03. The SMILES string of the molecule is Cc1c(C)c(C)c(CSCCC(=O)c2ccc(-c3ccccc3)cc2)c(C)c1C. The molecule has 0 radical (unpaired) electrons. The number of hydrogen-bond acceptors (Lipinski definition) is 2. The lowest BCUT2D eigenvalue weighted by Gasteiger charge is -2.18. The highest BCUT2D eigenvalue weighted by atomic mass is 32.2. The summed E-state index contributed by atoms with van der Waals surface area (Å²) in [5.41, 5.74) is 11.6. The summed E-state index contributed by atoms with van der Waals surface area (Å²) < 4.78 is 0. The van der Waals surface area contributed by atoms with Crippen LogP contribution in [0, 0.1) is 34.6 Å². The quantitative estimate of drug-likeness (QED) is 0.302. The van der Waals surface area contributed by atoms with E-state index in [-0.39, 0.29) is 5.78 Å². The largest absolute Gasteiger partial charge is 0.294 e. The van der Waals surface area contributed by atoms with Gasteiger partial charge in [0.05, 0.1) is 0 Å². The second-order valence-corrected chi connectivity index (χ2v) is 8.88. The molecular weight excluding hydrogens is 372 g/mol. The minimum atomic E-state index is 0.224. The first-order valence-corrected chi connectivity index (χ1v) is 11.4. The number of thioether (sulfide) groups is 1. The normalized spacial score (nSPS) is 10.9. The maximum atomic E-state index is 12.6. The van der Waals surface area contributed by atoms with Gasteiger partial charge in [-0.1, -0.05) is 54.6 Å². The van der Waals surface area contributed by atoms with Crippen molar-refractivity contribution in [3.05, 3.63) is 93.5 Å². The van der Waals surface area contributed by atoms with E-state index in [4.69, 9.17) is 0 Å². The van der Waals surface area contributed by atoms with Crippen LogP contribution < -0.4 is 0 Å². The number of Topliss-reactive ketones (excluding diaryl/α,β-unsaturated/α-hetero) is 1. The summed E-state index contributed by atoms with van der Waals surface area (Å²) in [6, 6.07) is 18.3. The van der Waals surface area contributed by atoms with Crippen molar-refractivity contribution in [2.75, 3.05) is 5.75 Å². The molecule has 1 nitrogen and oxygen atoms in total. The third-order valence-electron chi connectivity index (χ3n) is 6.19. The van der Waals surface area contributed by atoms with Crippen LogP contribution >= 0.6 is 11.8 Å². The van der Waals surface area contributed by atoms with Gasteiger partial charge in [-0.25, -0.2) is 0 Å². The maximum Gasteiger partial charge on any atom is 0.163 e. The third-order valence-corrected chi connectivity index (χ3v) is 7.17. The molecule has 0 aliphatic heterocycles. The molecular formula is C27H30OS. The Kier molecular flexibility index (Phi) is 6.97. The highest BCUT2D eigenvalue weighted by Gasteiger charge is 2.13. The summed E-state index contributed by atoms with van der Waals surface area (Å²) in [6.45, 7) is 11.1. The smallest absolute Gasteiger partial charge is 0.163 e. The van der Waals surface area contributed by atoms with Gasteiger partial charge < -0.3 is 0 Å². The maximum absolute atomic E-state index is 12.6. The molecule has 0 saturated carbocycles. The van der Waals surface area contributed by atoms with Crippen LogP contribution in [0.4, 0.5) is 0 Å². The number of hydrogen-bond donors (Lipinski definition) is 0. The Morgan fingerprint density at radius 2 is 1.21 bits per heavy atom. The van der Waals surface area contributed by atoms with Gasteiger partial charge in [-0.3, -0.25) is 4.79 Å². The van der Waals surface area contributed by atoms with Gasteiger partial charge in [0.15, 0.2) is 5.78 Å². The van der Waals surface area contributed by atoms with Crippen molar-refractivity contribution in [3.8, 4) is 11.1 Å². The molecule has 3 aromatic rings. The van der Waals surface area contributed by atoms with Crippen molar-refractivity contribution >= 4 is 17.5 Å². The zero-order valence-electron chi connectivity index (χ0n) is 18.1. The monoisotopic (exact) mass is 402 g/mol. The molecule has 0 N–H and O–H groups in total. The molecule has 0 saturated heterocycles. The zero-order valence-corrected chi connectivity index (χ0v) is 19.0. The Bertz CT molecular complexity index is 972. The molecule has 0 aliphatic carbocycles. The Balaban J connectivity index is 1.57. The fourth-order valence-corrected chi connectivity index (χ4v) is 4.87. The molecule has 0 amide bonds. The van der Waals surface area contributed by atoms with E-state index in [1.165, 1.54) is 38.9 Å². The van der Waals surface area contributed by atoms with Crippen LogP contribution in [-0.2, 0) is 5.75 Å². The van der Waals surface area contributed by atoms with Gasteiger partial charge in [0, 0.05) is 23.5 Å². The number of ketones is 1. The minimum absolute atomic E-state index is 0.224. The number of rotatable bonds is 7. The summed E-state index contributed by atoms with van der Waals surface area (Å²) in [5.74, 6) is 2.05. The van der Waals surface area contributed by atoms with Gasteiger partial charge in [0.25, 0.3) is 0 Å². The molecule has 2 heteroatoms.